The molecule has 0 atom stereocenters. The summed E-state index contributed by atoms with van der Waals surface area (Å²) in [7, 11) is 0. The Morgan fingerprint density at radius 3 is 2.22 bits per heavy atom. The number of rotatable bonds is 4. The highest BCUT2D eigenvalue weighted by Gasteiger charge is 2.29. The van der Waals surface area contributed by atoms with E-state index in [-0.39, 0.29) is 5.92 Å². The van der Waals surface area contributed by atoms with Crippen LogP contribution in [0.5, 0.6) is 0 Å². The van der Waals surface area contributed by atoms with E-state index < -0.39 is 0 Å². The standard InChI is InChI=1S/C16H25NO/c1-2-12-17(13-14-10-11-14)16(18)15-8-6-4-3-5-7-9-15/h1,14-15H,3-13H2. The lowest BCUT2D eigenvalue weighted by Gasteiger charge is -2.27. The van der Waals surface area contributed by atoms with Crippen molar-refractivity contribution in [3.63, 3.8) is 0 Å². The molecule has 2 rings (SSSR count). The summed E-state index contributed by atoms with van der Waals surface area (Å²) in [6.07, 6.45) is 16.5. The van der Waals surface area contributed by atoms with Gasteiger partial charge < -0.3 is 4.90 Å². The van der Waals surface area contributed by atoms with Crippen LogP contribution in [-0.2, 0) is 4.79 Å². The minimum absolute atomic E-state index is 0.248. The molecule has 0 radical (unpaired) electrons. The topological polar surface area (TPSA) is 20.3 Å². The first-order chi connectivity index (χ1) is 8.81. The van der Waals surface area contributed by atoms with Crippen molar-refractivity contribution in [2.45, 2.75) is 57.8 Å². The molecule has 0 aromatic carbocycles. The van der Waals surface area contributed by atoms with E-state index in [1.165, 1.54) is 44.9 Å². The number of amides is 1. The highest BCUT2D eigenvalue weighted by atomic mass is 16.2. The number of carbonyl (C=O) groups excluding carboxylic acids is 1. The van der Waals surface area contributed by atoms with Gasteiger partial charge in [0.25, 0.3) is 0 Å². The molecule has 2 fully saturated rings. The van der Waals surface area contributed by atoms with E-state index in [1.807, 2.05) is 4.90 Å². The van der Waals surface area contributed by atoms with Crippen molar-refractivity contribution >= 4 is 5.91 Å². The Morgan fingerprint density at radius 2 is 1.67 bits per heavy atom. The van der Waals surface area contributed by atoms with Crippen molar-refractivity contribution in [2.24, 2.45) is 11.8 Å². The predicted molar refractivity (Wildman–Crippen MR) is 73.9 cm³/mol. The lowest BCUT2D eigenvalue weighted by molar-refractivity contribution is -0.135. The van der Waals surface area contributed by atoms with Gasteiger partial charge in [0.2, 0.25) is 5.91 Å². The van der Waals surface area contributed by atoms with Crippen LogP contribution < -0.4 is 0 Å². The molecular weight excluding hydrogens is 222 g/mol. The largest absolute Gasteiger partial charge is 0.331 e. The maximum Gasteiger partial charge on any atom is 0.226 e. The Balaban J connectivity index is 1.89. The molecule has 0 aliphatic heterocycles. The van der Waals surface area contributed by atoms with Gasteiger partial charge in [0, 0.05) is 12.5 Å². The molecule has 18 heavy (non-hydrogen) atoms. The molecule has 0 aromatic heterocycles. The lowest BCUT2D eigenvalue weighted by atomic mass is 9.90. The summed E-state index contributed by atoms with van der Waals surface area (Å²) in [5.74, 6) is 3.97. The Hall–Kier alpha value is -0.970. The number of nitrogens with zero attached hydrogens (tertiary/aromatic N) is 1. The maximum absolute atomic E-state index is 12.5. The van der Waals surface area contributed by atoms with Crippen LogP contribution in [0.3, 0.4) is 0 Å². The molecular formula is C16H25NO. The molecule has 0 heterocycles. The van der Waals surface area contributed by atoms with E-state index in [2.05, 4.69) is 5.92 Å². The third-order valence-electron chi connectivity index (χ3n) is 4.22. The molecule has 0 bridgehead atoms. The Bertz CT molecular complexity index is 306. The van der Waals surface area contributed by atoms with Crippen LogP contribution in [0.15, 0.2) is 0 Å². The Morgan fingerprint density at radius 1 is 1.06 bits per heavy atom. The second-order valence-electron chi connectivity index (χ2n) is 5.91. The monoisotopic (exact) mass is 247 g/mol. The fourth-order valence-corrected chi connectivity index (χ4v) is 2.92. The molecule has 0 unspecified atom stereocenters. The van der Waals surface area contributed by atoms with Gasteiger partial charge in [0.15, 0.2) is 0 Å². The first-order valence-corrected chi connectivity index (χ1v) is 7.53. The summed E-state index contributed by atoms with van der Waals surface area (Å²) in [5, 5.41) is 0. The lowest BCUT2D eigenvalue weighted by Crippen LogP contribution is -2.38. The third kappa shape index (κ3) is 4.05. The number of terminal acetylenes is 1. The van der Waals surface area contributed by atoms with Crippen LogP contribution in [0, 0.1) is 24.2 Å². The molecule has 1 amide bonds. The molecule has 2 nitrogen and oxygen atoms in total. The average molecular weight is 247 g/mol. The van der Waals surface area contributed by atoms with Crippen LogP contribution in [0.2, 0.25) is 0 Å². The van der Waals surface area contributed by atoms with Gasteiger partial charge >= 0.3 is 0 Å². The van der Waals surface area contributed by atoms with E-state index in [0.717, 1.165) is 25.3 Å². The van der Waals surface area contributed by atoms with Crippen LogP contribution in [0.25, 0.3) is 0 Å². The zero-order chi connectivity index (χ0) is 12.8. The second-order valence-corrected chi connectivity index (χ2v) is 5.91. The van der Waals surface area contributed by atoms with Gasteiger partial charge in [-0.15, -0.1) is 6.42 Å². The first-order valence-electron chi connectivity index (χ1n) is 7.53. The van der Waals surface area contributed by atoms with Gasteiger partial charge in [-0.2, -0.15) is 0 Å². The van der Waals surface area contributed by atoms with Gasteiger partial charge in [0.1, 0.15) is 0 Å². The molecule has 0 spiro atoms. The zero-order valence-electron chi connectivity index (χ0n) is 11.4. The number of hydrogen-bond donors (Lipinski definition) is 0. The molecule has 2 aliphatic rings. The molecule has 2 heteroatoms. The summed E-state index contributed by atoms with van der Waals surface area (Å²) in [4.78, 5) is 14.5. The van der Waals surface area contributed by atoms with Crippen LogP contribution in [-0.4, -0.2) is 23.9 Å². The quantitative estimate of drug-likeness (QED) is 0.699. The summed E-state index contributed by atoms with van der Waals surface area (Å²) < 4.78 is 0. The van der Waals surface area contributed by atoms with Gasteiger partial charge in [-0.25, -0.2) is 0 Å². The molecule has 0 saturated heterocycles. The SMILES string of the molecule is C#CCN(CC1CC1)C(=O)C1CCCCCCC1. The minimum atomic E-state index is 0.248. The molecule has 0 N–H and O–H groups in total. The molecule has 100 valence electrons. The fraction of sp³-hybridized carbons (Fsp3) is 0.812. The van der Waals surface area contributed by atoms with Gasteiger partial charge in [-0.3, -0.25) is 4.79 Å². The molecule has 2 saturated carbocycles. The van der Waals surface area contributed by atoms with Gasteiger partial charge in [0.05, 0.1) is 6.54 Å². The van der Waals surface area contributed by atoms with E-state index in [4.69, 9.17) is 6.42 Å². The van der Waals surface area contributed by atoms with Gasteiger partial charge in [-0.1, -0.05) is 38.0 Å². The molecule has 2 aliphatic carbocycles. The van der Waals surface area contributed by atoms with Crippen LogP contribution in [0.1, 0.15) is 57.8 Å². The van der Waals surface area contributed by atoms with Crippen molar-refractivity contribution in [3.8, 4) is 12.3 Å². The normalized spacial score (nSPS) is 21.7. The summed E-state index contributed by atoms with van der Waals surface area (Å²) >= 11 is 0. The Kier molecular flexibility index (Phi) is 5.11. The van der Waals surface area contributed by atoms with Crippen molar-refractivity contribution < 1.29 is 4.79 Å². The van der Waals surface area contributed by atoms with E-state index in [1.54, 1.807) is 0 Å². The Labute approximate surface area is 111 Å². The smallest absolute Gasteiger partial charge is 0.226 e. The number of carbonyl (C=O) groups is 1. The van der Waals surface area contributed by atoms with E-state index in [9.17, 15) is 4.79 Å². The highest BCUT2D eigenvalue weighted by Crippen LogP contribution is 2.31. The van der Waals surface area contributed by atoms with Crippen LogP contribution >= 0.6 is 0 Å². The van der Waals surface area contributed by atoms with Crippen molar-refractivity contribution in [1.82, 2.24) is 4.90 Å². The van der Waals surface area contributed by atoms with Crippen molar-refractivity contribution in [1.29, 1.82) is 0 Å². The average Bonchev–Trinajstić information content (AvgIpc) is 3.11. The summed E-state index contributed by atoms with van der Waals surface area (Å²) in [5.41, 5.74) is 0. The fourth-order valence-electron chi connectivity index (χ4n) is 2.92. The first kappa shape index (κ1) is 13.5. The molecule has 0 aromatic rings. The summed E-state index contributed by atoms with van der Waals surface area (Å²) in [6.45, 7) is 1.41. The highest BCUT2D eigenvalue weighted by molar-refractivity contribution is 5.79. The van der Waals surface area contributed by atoms with E-state index >= 15 is 0 Å². The second kappa shape index (κ2) is 6.83. The maximum atomic E-state index is 12.5. The third-order valence-corrected chi connectivity index (χ3v) is 4.22. The van der Waals surface area contributed by atoms with E-state index in [0.29, 0.717) is 12.5 Å². The van der Waals surface area contributed by atoms with Crippen LogP contribution in [0.4, 0.5) is 0 Å². The predicted octanol–water partition coefficient (Wildman–Crippen LogP) is 3.22. The van der Waals surface area contributed by atoms with Gasteiger partial charge in [-0.05, 0) is 31.6 Å². The van der Waals surface area contributed by atoms with Crippen molar-refractivity contribution in [2.75, 3.05) is 13.1 Å². The summed E-state index contributed by atoms with van der Waals surface area (Å²) in [6, 6.07) is 0. The minimum Gasteiger partial charge on any atom is -0.331 e. The zero-order valence-corrected chi connectivity index (χ0v) is 11.4. The van der Waals surface area contributed by atoms with Crippen molar-refractivity contribution in [3.05, 3.63) is 0 Å². The number of hydrogen-bond acceptors (Lipinski definition) is 1.